The molecule has 3 nitrogen and oxygen atoms in total. The molecule has 9 aromatic carbocycles. The molecule has 0 radical (unpaired) electrons. The van der Waals surface area contributed by atoms with Crippen LogP contribution in [0.4, 0.5) is 0 Å². The summed E-state index contributed by atoms with van der Waals surface area (Å²) in [6.45, 7) is 0. The summed E-state index contributed by atoms with van der Waals surface area (Å²) >= 11 is 0. The van der Waals surface area contributed by atoms with Crippen LogP contribution in [0.5, 0.6) is 0 Å². The van der Waals surface area contributed by atoms with E-state index in [1.165, 1.54) is 38.6 Å². The van der Waals surface area contributed by atoms with Gasteiger partial charge in [-0.05, 0) is 67.9 Å². The van der Waals surface area contributed by atoms with E-state index in [9.17, 15) is 0 Å². The van der Waals surface area contributed by atoms with Gasteiger partial charge in [-0.3, -0.25) is 4.98 Å². The molecule has 3 heteroatoms. The molecule has 0 bridgehead atoms. The zero-order valence-corrected chi connectivity index (χ0v) is 29.8. The smallest absolute Gasteiger partial charge is 0.143 e. The van der Waals surface area contributed by atoms with Crippen LogP contribution < -0.4 is 0 Å². The summed E-state index contributed by atoms with van der Waals surface area (Å²) in [5.41, 5.74) is 14.9. The minimum atomic E-state index is 0.865. The van der Waals surface area contributed by atoms with Gasteiger partial charge in [0.25, 0.3) is 0 Å². The molecule has 0 atom stereocenters. The predicted molar refractivity (Wildman–Crippen MR) is 229 cm³/mol. The molecule has 0 N–H and O–H groups in total. The number of benzene rings is 9. The normalized spacial score (nSPS) is 11.6. The van der Waals surface area contributed by atoms with Crippen molar-refractivity contribution in [3.05, 3.63) is 194 Å². The number of nitrogens with zero attached hydrogens (tertiary/aromatic N) is 2. The zero-order chi connectivity index (χ0) is 36.3. The summed E-state index contributed by atoms with van der Waals surface area (Å²) in [5, 5.41) is 6.94. The molecule has 55 heavy (non-hydrogen) atoms. The third-order valence-corrected chi connectivity index (χ3v) is 10.9. The van der Waals surface area contributed by atoms with Crippen LogP contribution in [-0.2, 0) is 0 Å². The Kier molecular flexibility index (Phi) is 7.17. The van der Waals surface area contributed by atoms with Crippen molar-refractivity contribution in [3.8, 4) is 55.8 Å². The van der Waals surface area contributed by atoms with Gasteiger partial charge < -0.3 is 4.42 Å². The summed E-state index contributed by atoms with van der Waals surface area (Å²) in [6, 6.07) is 66.6. The van der Waals surface area contributed by atoms with Crippen LogP contribution in [-0.4, -0.2) is 9.97 Å². The second-order valence-electron chi connectivity index (χ2n) is 14.1. The Bertz CT molecular complexity index is 3210. The van der Waals surface area contributed by atoms with E-state index in [2.05, 4.69) is 176 Å². The lowest BCUT2D eigenvalue weighted by atomic mass is 9.95. The minimum absolute atomic E-state index is 0.865. The molecule has 0 aliphatic heterocycles. The fourth-order valence-electron chi connectivity index (χ4n) is 8.17. The summed E-state index contributed by atoms with van der Waals surface area (Å²) in [5.74, 6) is 0. The SMILES string of the molecule is c1cc(-c2ccc(-c3cnc4c5ccccc5c5ccccc5c4n3)cc2)cc(-c2cccc(-c3ccc(-c4cccc5c4oc4ccccc45)cc3)c2)c1. The molecular weight excluding hydrogens is 669 g/mol. The van der Waals surface area contributed by atoms with Crippen molar-refractivity contribution in [1.29, 1.82) is 0 Å². The minimum Gasteiger partial charge on any atom is -0.455 e. The van der Waals surface area contributed by atoms with Crippen LogP contribution in [0.3, 0.4) is 0 Å². The van der Waals surface area contributed by atoms with E-state index >= 15 is 0 Å². The van der Waals surface area contributed by atoms with Gasteiger partial charge in [-0.15, -0.1) is 0 Å². The van der Waals surface area contributed by atoms with E-state index in [0.29, 0.717) is 0 Å². The standard InChI is InChI=1S/C52H32N2O/c1-3-17-45-42(14-1)43-15-2-4-18-46(43)51-50(45)53-32-48(54-51)36-28-24-34(25-29-36)38-11-8-13-40(31-38)39-12-7-10-37(30-39)33-22-26-35(27-23-33)41-19-9-20-47-44-16-5-6-21-49(44)55-52(41)47/h1-32H. The quantitative estimate of drug-likeness (QED) is 0.168. The summed E-state index contributed by atoms with van der Waals surface area (Å²) in [4.78, 5) is 10.1. The Labute approximate surface area is 317 Å². The monoisotopic (exact) mass is 700 g/mol. The first kappa shape index (κ1) is 31.2. The first-order valence-corrected chi connectivity index (χ1v) is 18.6. The first-order valence-electron chi connectivity index (χ1n) is 18.6. The Balaban J connectivity index is 0.880. The molecule has 0 saturated carbocycles. The van der Waals surface area contributed by atoms with Gasteiger partial charge >= 0.3 is 0 Å². The van der Waals surface area contributed by atoms with Gasteiger partial charge in [-0.1, -0.05) is 170 Å². The van der Waals surface area contributed by atoms with E-state index in [4.69, 9.17) is 14.4 Å². The van der Waals surface area contributed by atoms with Gasteiger partial charge in [0.05, 0.1) is 22.9 Å². The molecule has 0 unspecified atom stereocenters. The van der Waals surface area contributed by atoms with E-state index in [0.717, 1.165) is 71.7 Å². The van der Waals surface area contributed by atoms with Crippen LogP contribution in [0.1, 0.15) is 0 Å². The Morgan fingerprint density at radius 3 is 1.44 bits per heavy atom. The number of para-hydroxylation sites is 2. The Hall–Kier alpha value is -7.36. The molecular formula is C52H32N2O. The second-order valence-corrected chi connectivity index (χ2v) is 14.1. The van der Waals surface area contributed by atoms with E-state index in [-0.39, 0.29) is 0 Å². The van der Waals surface area contributed by atoms with Crippen LogP contribution in [0.15, 0.2) is 199 Å². The largest absolute Gasteiger partial charge is 0.455 e. The van der Waals surface area contributed by atoms with Crippen molar-refractivity contribution in [1.82, 2.24) is 9.97 Å². The topological polar surface area (TPSA) is 38.9 Å². The lowest BCUT2D eigenvalue weighted by Crippen LogP contribution is -1.92. The van der Waals surface area contributed by atoms with Gasteiger partial charge in [-0.25, -0.2) is 4.98 Å². The summed E-state index contributed by atoms with van der Waals surface area (Å²) in [7, 11) is 0. The van der Waals surface area contributed by atoms with E-state index in [1.54, 1.807) is 0 Å². The van der Waals surface area contributed by atoms with Crippen molar-refractivity contribution in [2.75, 3.05) is 0 Å². The summed E-state index contributed by atoms with van der Waals surface area (Å²) in [6.07, 6.45) is 1.90. The number of furan rings is 1. The lowest BCUT2D eigenvalue weighted by molar-refractivity contribution is 0.670. The Morgan fingerprint density at radius 2 is 0.800 bits per heavy atom. The molecule has 0 aliphatic rings. The zero-order valence-electron chi connectivity index (χ0n) is 29.8. The summed E-state index contributed by atoms with van der Waals surface area (Å²) < 4.78 is 6.32. The molecule has 2 aromatic heterocycles. The van der Waals surface area contributed by atoms with Crippen LogP contribution in [0.2, 0.25) is 0 Å². The van der Waals surface area contributed by atoms with Gasteiger partial charge in [-0.2, -0.15) is 0 Å². The third-order valence-electron chi connectivity index (χ3n) is 10.9. The van der Waals surface area contributed by atoms with Crippen LogP contribution in [0.25, 0.3) is 110 Å². The van der Waals surface area contributed by atoms with Gasteiger partial charge in [0, 0.05) is 32.7 Å². The van der Waals surface area contributed by atoms with Crippen LogP contribution >= 0.6 is 0 Å². The number of fused-ring (bicyclic) bond motifs is 9. The van der Waals surface area contributed by atoms with E-state index in [1.807, 2.05) is 18.3 Å². The molecule has 0 amide bonds. The maximum Gasteiger partial charge on any atom is 0.143 e. The molecule has 2 heterocycles. The van der Waals surface area contributed by atoms with Gasteiger partial charge in [0.2, 0.25) is 0 Å². The average molecular weight is 701 g/mol. The maximum absolute atomic E-state index is 6.32. The van der Waals surface area contributed by atoms with Crippen molar-refractivity contribution >= 4 is 54.5 Å². The van der Waals surface area contributed by atoms with Crippen molar-refractivity contribution in [2.24, 2.45) is 0 Å². The predicted octanol–water partition coefficient (Wildman–Crippen LogP) is 14.2. The third kappa shape index (κ3) is 5.28. The van der Waals surface area contributed by atoms with Crippen molar-refractivity contribution < 1.29 is 4.42 Å². The highest BCUT2D eigenvalue weighted by Crippen LogP contribution is 2.38. The fraction of sp³-hybridized carbons (Fsp3) is 0. The average Bonchev–Trinajstić information content (AvgIpc) is 3.66. The highest BCUT2D eigenvalue weighted by molar-refractivity contribution is 6.23. The van der Waals surface area contributed by atoms with Crippen molar-refractivity contribution in [2.45, 2.75) is 0 Å². The number of hydrogen-bond acceptors (Lipinski definition) is 3. The molecule has 0 saturated heterocycles. The fourth-order valence-corrected chi connectivity index (χ4v) is 8.17. The molecule has 11 rings (SSSR count). The number of hydrogen-bond donors (Lipinski definition) is 0. The molecule has 0 aliphatic carbocycles. The van der Waals surface area contributed by atoms with Gasteiger partial charge in [0.1, 0.15) is 11.2 Å². The molecule has 256 valence electrons. The highest BCUT2D eigenvalue weighted by atomic mass is 16.3. The Morgan fingerprint density at radius 1 is 0.327 bits per heavy atom. The first-order chi connectivity index (χ1) is 27.2. The maximum atomic E-state index is 6.32. The molecule has 0 fully saturated rings. The lowest BCUT2D eigenvalue weighted by Gasteiger charge is -2.11. The van der Waals surface area contributed by atoms with Gasteiger partial charge in [0.15, 0.2) is 0 Å². The second kappa shape index (κ2) is 12.6. The molecule has 11 aromatic rings. The van der Waals surface area contributed by atoms with Crippen molar-refractivity contribution in [3.63, 3.8) is 0 Å². The number of aromatic nitrogens is 2. The molecule has 0 spiro atoms. The highest BCUT2D eigenvalue weighted by Gasteiger charge is 2.14. The number of rotatable bonds is 5. The van der Waals surface area contributed by atoms with E-state index < -0.39 is 0 Å². The van der Waals surface area contributed by atoms with Crippen LogP contribution in [0, 0.1) is 0 Å².